The average molecular weight is 361 g/mol. The molecule has 1 aliphatic heterocycles. The third-order valence-corrected chi connectivity index (χ3v) is 4.35. The second-order valence-electron chi connectivity index (χ2n) is 5.65. The van der Waals surface area contributed by atoms with Gasteiger partial charge in [-0.1, -0.05) is 81.3 Å². The highest BCUT2D eigenvalue weighted by Gasteiger charge is 2.23. The van der Waals surface area contributed by atoms with Crippen LogP contribution in [0.5, 0.6) is 0 Å². The highest BCUT2D eigenvalue weighted by molar-refractivity contribution is 6.30. The van der Waals surface area contributed by atoms with Crippen molar-refractivity contribution in [3.05, 3.63) is 70.2 Å². The summed E-state index contributed by atoms with van der Waals surface area (Å²) in [5.74, 6) is 0. The van der Waals surface area contributed by atoms with Gasteiger partial charge in [-0.15, -0.1) is 0 Å². The third-order valence-electron chi connectivity index (χ3n) is 4.10. The second-order valence-corrected chi connectivity index (χ2v) is 6.09. The van der Waals surface area contributed by atoms with E-state index in [4.69, 9.17) is 11.6 Å². The van der Waals surface area contributed by atoms with Crippen LogP contribution in [0.25, 0.3) is 0 Å². The van der Waals surface area contributed by atoms with Crippen LogP contribution in [-0.2, 0) is 0 Å². The smallest absolute Gasteiger partial charge is 0.0602 e. The van der Waals surface area contributed by atoms with E-state index in [-0.39, 0.29) is 0 Å². The van der Waals surface area contributed by atoms with Crippen molar-refractivity contribution < 1.29 is 0 Å². The van der Waals surface area contributed by atoms with Gasteiger partial charge < -0.3 is 5.32 Å². The molecular weight excluding hydrogens is 328 g/mol. The topological polar surface area (TPSA) is 15.3 Å². The highest BCUT2D eigenvalue weighted by Crippen LogP contribution is 2.30. The first-order valence-corrected chi connectivity index (χ1v) is 9.88. The predicted molar refractivity (Wildman–Crippen MR) is 112 cm³/mol. The van der Waals surface area contributed by atoms with E-state index in [0.29, 0.717) is 6.04 Å². The summed E-state index contributed by atoms with van der Waals surface area (Å²) in [7, 11) is 0. The Kier molecular flexibility index (Phi) is 10.5. The minimum atomic E-state index is 0.310. The summed E-state index contributed by atoms with van der Waals surface area (Å²) >= 11 is 6.05. The number of hydrogen-bond donors (Lipinski definition) is 1. The molecule has 1 saturated heterocycles. The summed E-state index contributed by atoms with van der Waals surface area (Å²) < 4.78 is 0. The van der Waals surface area contributed by atoms with Crippen LogP contribution in [0.15, 0.2) is 48.5 Å². The van der Waals surface area contributed by atoms with Gasteiger partial charge in [-0.25, -0.2) is 0 Å². The van der Waals surface area contributed by atoms with Crippen molar-refractivity contribution in [2.75, 3.05) is 26.2 Å². The van der Waals surface area contributed by atoms with Crippen molar-refractivity contribution >= 4 is 11.6 Å². The van der Waals surface area contributed by atoms with Gasteiger partial charge in [0.15, 0.2) is 0 Å². The van der Waals surface area contributed by atoms with Gasteiger partial charge in [0.1, 0.15) is 0 Å². The number of aryl methyl sites for hydroxylation is 1. The van der Waals surface area contributed by atoms with Crippen LogP contribution in [0, 0.1) is 6.92 Å². The summed E-state index contributed by atoms with van der Waals surface area (Å²) in [5, 5.41) is 4.22. The van der Waals surface area contributed by atoms with E-state index < -0.39 is 0 Å². The van der Waals surface area contributed by atoms with Crippen LogP contribution in [0.2, 0.25) is 5.02 Å². The number of nitrogens with one attached hydrogen (secondary N) is 1. The van der Waals surface area contributed by atoms with Gasteiger partial charge in [0, 0.05) is 31.2 Å². The Labute approximate surface area is 159 Å². The first kappa shape index (κ1) is 21.7. The van der Waals surface area contributed by atoms with Crippen molar-refractivity contribution in [3.8, 4) is 0 Å². The minimum Gasteiger partial charge on any atom is -0.314 e. The van der Waals surface area contributed by atoms with E-state index >= 15 is 0 Å². The Hall–Kier alpha value is -1.35. The fourth-order valence-corrected chi connectivity index (χ4v) is 3.07. The monoisotopic (exact) mass is 360 g/mol. The molecule has 1 heterocycles. The number of halogens is 1. The zero-order valence-corrected chi connectivity index (χ0v) is 17.1. The lowest BCUT2D eigenvalue weighted by Gasteiger charge is -2.35. The predicted octanol–water partition coefficient (Wildman–Crippen LogP) is 5.70. The lowest BCUT2D eigenvalue weighted by molar-refractivity contribution is 0.198. The first-order valence-electron chi connectivity index (χ1n) is 9.51. The molecule has 0 aromatic heterocycles. The fourth-order valence-electron chi connectivity index (χ4n) is 2.95. The van der Waals surface area contributed by atoms with Crippen LogP contribution in [-0.4, -0.2) is 31.1 Å². The van der Waals surface area contributed by atoms with Crippen molar-refractivity contribution in [3.63, 3.8) is 0 Å². The number of nitrogens with zero attached hydrogens (tertiary/aromatic N) is 1. The van der Waals surface area contributed by atoms with Crippen molar-refractivity contribution in [2.24, 2.45) is 0 Å². The van der Waals surface area contributed by atoms with Gasteiger partial charge in [-0.2, -0.15) is 0 Å². The molecule has 0 amide bonds. The molecule has 0 bridgehead atoms. The van der Waals surface area contributed by atoms with Gasteiger partial charge in [0.25, 0.3) is 0 Å². The largest absolute Gasteiger partial charge is 0.314 e. The van der Waals surface area contributed by atoms with E-state index in [1.807, 2.05) is 39.8 Å². The Morgan fingerprint density at radius 2 is 1.24 bits per heavy atom. The van der Waals surface area contributed by atoms with Crippen LogP contribution in [0.3, 0.4) is 0 Å². The lowest BCUT2D eigenvalue weighted by Crippen LogP contribution is -2.45. The highest BCUT2D eigenvalue weighted by atomic mass is 35.5. The van der Waals surface area contributed by atoms with E-state index in [1.165, 1.54) is 16.7 Å². The Morgan fingerprint density at radius 3 is 1.72 bits per heavy atom. The summed E-state index contributed by atoms with van der Waals surface area (Å²) in [6, 6.07) is 17.5. The van der Waals surface area contributed by atoms with Gasteiger partial charge >= 0.3 is 0 Å². The molecule has 0 aliphatic carbocycles. The van der Waals surface area contributed by atoms with Crippen LogP contribution < -0.4 is 5.32 Å². The lowest BCUT2D eigenvalue weighted by atomic mass is 9.96. The molecule has 1 atom stereocenters. The average Bonchev–Trinajstić information content (AvgIpc) is 2.69. The Balaban J connectivity index is 0.000000730. The molecule has 25 heavy (non-hydrogen) atoms. The molecule has 0 spiro atoms. The normalized spacial score (nSPS) is 15.3. The quantitative estimate of drug-likeness (QED) is 0.755. The van der Waals surface area contributed by atoms with Gasteiger partial charge in [-0.3, -0.25) is 4.90 Å². The van der Waals surface area contributed by atoms with Gasteiger partial charge in [-0.05, 0) is 30.2 Å². The van der Waals surface area contributed by atoms with E-state index in [1.54, 1.807) is 0 Å². The number of piperazine rings is 1. The molecule has 2 aromatic carbocycles. The maximum absolute atomic E-state index is 6.05. The standard InChI is InChI=1S/C18H21ClN2.2C2H6/c1-14-2-4-15(5-3-14)18(21-12-10-20-11-13-21)16-6-8-17(19)9-7-16;2*1-2/h2-9,18,20H,10-13H2,1H3;2*1-2H3. The first-order chi connectivity index (χ1) is 12.2. The van der Waals surface area contributed by atoms with Gasteiger partial charge in [0.2, 0.25) is 0 Å². The maximum Gasteiger partial charge on any atom is 0.0602 e. The Bertz CT molecular complexity index is 526. The third kappa shape index (κ3) is 6.47. The number of hydrogen-bond acceptors (Lipinski definition) is 2. The van der Waals surface area contributed by atoms with Crippen LogP contribution >= 0.6 is 11.6 Å². The van der Waals surface area contributed by atoms with Crippen molar-refractivity contribution in [2.45, 2.75) is 40.7 Å². The van der Waals surface area contributed by atoms with Gasteiger partial charge in [0.05, 0.1) is 6.04 Å². The Morgan fingerprint density at radius 1 is 0.800 bits per heavy atom. The minimum absolute atomic E-state index is 0.310. The molecule has 0 saturated carbocycles. The van der Waals surface area contributed by atoms with Crippen molar-refractivity contribution in [1.82, 2.24) is 10.2 Å². The van der Waals surface area contributed by atoms with E-state index in [2.05, 4.69) is 53.5 Å². The number of benzene rings is 2. The summed E-state index contributed by atoms with van der Waals surface area (Å²) in [6.07, 6.45) is 0. The molecule has 138 valence electrons. The maximum atomic E-state index is 6.05. The summed E-state index contributed by atoms with van der Waals surface area (Å²) in [4.78, 5) is 2.55. The molecule has 1 unspecified atom stereocenters. The summed E-state index contributed by atoms with van der Waals surface area (Å²) in [6.45, 7) is 14.4. The molecule has 2 nitrogen and oxygen atoms in total. The molecule has 2 aromatic rings. The van der Waals surface area contributed by atoms with E-state index in [0.717, 1.165) is 31.2 Å². The zero-order valence-electron chi connectivity index (χ0n) is 16.3. The molecule has 3 heteroatoms. The molecule has 1 N–H and O–H groups in total. The van der Waals surface area contributed by atoms with Crippen LogP contribution in [0.4, 0.5) is 0 Å². The molecular formula is C22H33ClN2. The second kappa shape index (κ2) is 12.1. The molecule has 1 fully saturated rings. The fraction of sp³-hybridized carbons (Fsp3) is 0.455. The van der Waals surface area contributed by atoms with Crippen LogP contribution in [0.1, 0.15) is 50.4 Å². The zero-order chi connectivity index (χ0) is 18.7. The number of rotatable bonds is 3. The molecule has 3 rings (SSSR count). The molecule has 0 radical (unpaired) electrons. The molecule has 1 aliphatic rings. The SMILES string of the molecule is CC.CC.Cc1ccc(C(c2ccc(Cl)cc2)N2CCNCC2)cc1. The summed E-state index contributed by atoms with van der Waals surface area (Å²) in [5.41, 5.74) is 3.96. The van der Waals surface area contributed by atoms with E-state index in [9.17, 15) is 0 Å². The van der Waals surface area contributed by atoms with Crippen molar-refractivity contribution in [1.29, 1.82) is 0 Å².